The zero-order valence-electron chi connectivity index (χ0n) is 18.7. The van der Waals surface area contributed by atoms with Gasteiger partial charge in [0.25, 0.3) is 0 Å². The van der Waals surface area contributed by atoms with Crippen LogP contribution in [0.25, 0.3) is 0 Å². The number of hydrogen-bond donors (Lipinski definition) is 0. The average molecular weight is 425 g/mol. The summed E-state index contributed by atoms with van der Waals surface area (Å²) in [7, 11) is 3.34. The van der Waals surface area contributed by atoms with E-state index in [1.165, 1.54) is 23.6 Å². The van der Waals surface area contributed by atoms with E-state index in [-0.39, 0.29) is 18.0 Å². The molecule has 1 aromatic rings. The van der Waals surface area contributed by atoms with Crippen LogP contribution in [0.4, 0.5) is 0 Å². The molecular formula is C25H32N2O4. The molecule has 1 heterocycles. The van der Waals surface area contributed by atoms with E-state index in [4.69, 9.17) is 19.2 Å². The van der Waals surface area contributed by atoms with Crippen LogP contribution in [-0.4, -0.2) is 44.1 Å². The number of rotatable bonds is 5. The number of carbonyl (C=O) groups is 1. The van der Waals surface area contributed by atoms with Crippen molar-refractivity contribution in [2.75, 3.05) is 20.8 Å². The van der Waals surface area contributed by atoms with Gasteiger partial charge in [0.1, 0.15) is 6.10 Å². The normalized spacial score (nSPS) is 23.3. The van der Waals surface area contributed by atoms with Gasteiger partial charge < -0.3 is 19.1 Å². The Morgan fingerprint density at radius 3 is 2.61 bits per heavy atom. The predicted octanol–water partition coefficient (Wildman–Crippen LogP) is 4.43. The molecule has 0 spiro atoms. The third-order valence-electron chi connectivity index (χ3n) is 6.50. The number of fused-ring (bicyclic) bond motifs is 2. The summed E-state index contributed by atoms with van der Waals surface area (Å²) in [6, 6.07) is 4.15. The third-order valence-corrected chi connectivity index (χ3v) is 6.50. The molecule has 2 aliphatic carbocycles. The molecule has 0 amide bonds. The van der Waals surface area contributed by atoms with Gasteiger partial charge in [0.15, 0.2) is 11.5 Å². The molecule has 4 rings (SSSR count). The molecule has 6 heteroatoms. The third kappa shape index (κ3) is 4.94. The summed E-state index contributed by atoms with van der Waals surface area (Å²) in [5.41, 5.74) is 4.99. The van der Waals surface area contributed by atoms with E-state index in [1.807, 2.05) is 6.34 Å². The Morgan fingerprint density at radius 2 is 1.87 bits per heavy atom. The van der Waals surface area contributed by atoms with Crippen LogP contribution in [-0.2, 0) is 22.5 Å². The number of aliphatic imine (C=N–C) groups is 1. The van der Waals surface area contributed by atoms with Gasteiger partial charge >= 0.3 is 5.97 Å². The van der Waals surface area contributed by atoms with Gasteiger partial charge in [-0.05, 0) is 67.9 Å². The van der Waals surface area contributed by atoms with Crippen LogP contribution in [0.3, 0.4) is 0 Å². The molecule has 31 heavy (non-hydrogen) atoms. The first-order valence-electron chi connectivity index (χ1n) is 11.2. The van der Waals surface area contributed by atoms with Gasteiger partial charge in [-0.15, -0.1) is 0 Å². The van der Waals surface area contributed by atoms with E-state index in [9.17, 15) is 4.79 Å². The van der Waals surface area contributed by atoms with E-state index < -0.39 is 0 Å². The van der Waals surface area contributed by atoms with Crippen molar-refractivity contribution in [3.63, 3.8) is 0 Å². The molecule has 0 N–H and O–H groups in total. The van der Waals surface area contributed by atoms with Crippen LogP contribution >= 0.6 is 0 Å². The van der Waals surface area contributed by atoms with Crippen LogP contribution < -0.4 is 9.47 Å². The molecule has 1 aromatic carbocycles. The highest BCUT2D eigenvalue weighted by Crippen LogP contribution is 2.38. The maximum Gasteiger partial charge on any atom is 0.302 e. The molecule has 0 aromatic heterocycles. The first kappa shape index (κ1) is 21.5. The summed E-state index contributed by atoms with van der Waals surface area (Å²) in [6.45, 7) is 3.22. The molecule has 6 nitrogen and oxygen atoms in total. The topological polar surface area (TPSA) is 60.4 Å². The summed E-state index contributed by atoms with van der Waals surface area (Å²) in [4.78, 5) is 18.6. The van der Waals surface area contributed by atoms with Gasteiger partial charge in [0.05, 0.1) is 20.6 Å². The first-order valence-corrected chi connectivity index (χ1v) is 11.2. The molecule has 1 fully saturated rings. The van der Waals surface area contributed by atoms with Crippen molar-refractivity contribution in [2.24, 2.45) is 10.9 Å². The number of benzene rings is 1. The maximum absolute atomic E-state index is 11.6. The second-order valence-corrected chi connectivity index (χ2v) is 8.54. The average Bonchev–Trinajstić information content (AvgIpc) is 2.98. The lowest BCUT2D eigenvalue weighted by Crippen LogP contribution is -2.30. The Hall–Kier alpha value is -2.76. The molecule has 0 saturated heterocycles. The van der Waals surface area contributed by atoms with Crippen LogP contribution in [0.15, 0.2) is 40.5 Å². The van der Waals surface area contributed by atoms with Crippen molar-refractivity contribution >= 4 is 12.3 Å². The molecule has 2 atom stereocenters. The van der Waals surface area contributed by atoms with Gasteiger partial charge in [-0.2, -0.15) is 0 Å². The zero-order valence-corrected chi connectivity index (χ0v) is 18.7. The van der Waals surface area contributed by atoms with Crippen LogP contribution in [0.2, 0.25) is 0 Å². The smallest absolute Gasteiger partial charge is 0.302 e. The minimum absolute atomic E-state index is 0.0329. The Labute approximate surface area is 184 Å². The van der Waals surface area contributed by atoms with Gasteiger partial charge in [0, 0.05) is 31.6 Å². The molecule has 1 aliphatic heterocycles. The van der Waals surface area contributed by atoms with Gasteiger partial charge in [0.2, 0.25) is 0 Å². The fourth-order valence-electron chi connectivity index (χ4n) is 4.88. The summed E-state index contributed by atoms with van der Waals surface area (Å²) in [6.07, 6.45) is 12.3. The number of esters is 1. The highest BCUT2D eigenvalue weighted by molar-refractivity contribution is 5.66. The zero-order chi connectivity index (χ0) is 21.8. The molecule has 0 radical (unpaired) electrons. The van der Waals surface area contributed by atoms with Crippen molar-refractivity contribution in [1.82, 2.24) is 4.90 Å². The van der Waals surface area contributed by atoms with Crippen LogP contribution in [0.1, 0.15) is 50.2 Å². The van der Waals surface area contributed by atoms with Crippen LogP contribution in [0.5, 0.6) is 11.5 Å². The SMILES string of the molecule is COc1cc2c(cc1OC)CN(C=NC1=CC=C3CCCCC(OC(C)=O)C3C1)CC2. The lowest BCUT2D eigenvalue weighted by atomic mass is 9.84. The molecule has 166 valence electrons. The number of hydrogen-bond acceptors (Lipinski definition) is 5. The number of methoxy groups -OCH3 is 2. The second-order valence-electron chi connectivity index (χ2n) is 8.54. The van der Waals surface area contributed by atoms with Crippen molar-refractivity contribution in [3.8, 4) is 11.5 Å². The summed E-state index contributed by atoms with van der Waals surface area (Å²) >= 11 is 0. The summed E-state index contributed by atoms with van der Waals surface area (Å²) in [5.74, 6) is 1.61. The van der Waals surface area contributed by atoms with E-state index in [0.717, 1.165) is 68.8 Å². The Balaban J connectivity index is 1.45. The van der Waals surface area contributed by atoms with Gasteiger partial charge in [-0.25, -0.2) is 4.99 Å². The van der Waals surface area contributed by atoms with E-state index in [0.29, 0.717) is 0 Å². The number of carbonyl (C=O) groups excluding carboxylic acids is 1. The fraction of sp³-hybridized carbons (Fsp3) is 0.520. The van der Waals surface area contributed by atoms with E-state index in [2.05, 4.69) is 29.2 Å². The number of ether oxygens (including phenoxy) is 3. The minimum atomic E-state index is -0.190. The van der Waals surface area contributed by atoms with Crippen LogP contribution in [0, 0.1) is 5.92 Å². The maximum atomic E-state index is 11.6. The molecule has 1 saturated carbocycles. The number of nitrogens with zero attached hydrogens (tertiary/aromatic N) is 2. The van der Waals surface area contributed by atoms with Crippen molar-refractivity contribution in [3.05, 3.63) is 46.7 Å². The Morgan fingerprint density at radius 1 is 1.10 bits per heavy atom. The Bertz CT molecular complexity index is 918. The molecule has 3 aliphatic rings. The first-order chi connectivity index (χ1) is 15.1. The molecular weight excluding hydrogens is 392 g/mol. The van der Waals surface area contributed by atoms with E-state index >= 15 is 0 Å². The quantitative estimate of drug-likeness (QED) is 0.398. The van der Waals surface area contributed by atoms with Gasteiger partial charge in [-0.1, -0.05) is 11.6 Å². The molecule has 0 bridgehead atoms. The summed E-state index contributed by atoms with van der Waals surface area (Å²) < 4.78 is 16.6. The fourth-order valence-corrected chi connectivity index (χ4v) is 4.88. The lowest BCUT2D eigenvalue weighted by molar-refractivity contribution is -0.148. The van der Waals surface area contributed by atoms with Crippen molar-refractivity contribution in [2.45, 2.75) is 58.1 Å². The lowest BCUT2D eigenvalue weighted by Gasteiger charge is -2.30. The monoisotopic (exact) mass is 424 g/mol. The second kappa shape index (κ2) is 9.58. The predicted molar refractivity (Wildman–Crippen MR) is 120 cm³/mol. The summed E-state index contributed by atoms with van der Waals surface area (Å²) in [5, 5.41) is 0. The largest absolute Gasteiger partial charge is 0.493 e. The highest BCUT2D eigenvalue weighted by atomic mass is 16.5. The highest BCUT2D eigenvalue weighted by Gasteiger charge is 2.31. The van der Waals surface area contributed by atoms with E-state index in [1.54, 1.807) is 14.2 Å². The van der Waals surface area contributed by atoms with Crippen molar-refractivity contribution in [1.29, 1.82) is 0 Å². The molecule has 2 unspecified atom stereocenters. The standard InChI is InChI=1S/C25H32N2O4/c1-17(28)31-23-7-5-4-6-18-8-9-21(14-22(18)23)26-16-27-11-10-19-12-24(29-2)25(30-3)13-20(19)15-27/h8-9,12-13,16,22-23H,4-7,10-11,14-15H2,1-3H3. The number of allylic oxidation sites excluding steroid dienone is 3. The Kier molecular flexibility index (Phi) is 6.64. The van der Waals surface area contributed by atoms with Gasteiger partial charge in [-0.3, -0.25) is 4.79 Å². The minimum Gasteiger partial charge on any atom is -0.493 e. The van der Waals surface area contributed by atoms with Crippen molar-refractivity contribution < 1.29 is 19.0 Å².